The van der Waals surface area contributed by atoms with Crippen molar-refractivity contribution >= 4 is 22.9 Å². The first kappa shape index (κ1) is 13.2. The molecule has 0 saturated carbocycles. The molecule has 1 aromatic heterocycles. The highest BCUT2D eigenvalue weighted by Gasteiger charge is 2.18. The summed E-state index contributed by atoms with van der Waals surface area (Å²) in [6.45, 7) is 2.07. The standard InChI is InChI=1S/C16H18ClNS/c1-10-8-14(19-16(10)17)15(18-2)13-7-6-11-4-3-5-12(11)9-13/h6-9,15,18H,3-5H2,1-2H3. The van der Waals surface area contributed by atoms with E-state index in [4.69, 9.17) is 11.6 Å². The predicted molar refractivity (Wildman–Crippen MR) is 83.4 cm³/mol. The lowest BCUT2D eigenvalue weighted by Crippen LogP contribution is -2.16. The first-order valence-electron chi connectivity index (χ1n) is 6.74. The van der Waals surface area contributed by atoms with Crippen LogP contribution in [0.1, 0.15) is 39.6 Å². The van der Waals surface area contributed by atoms with E-state index in [-0.39, 0.29) is 6.04 Å². The average Bonchev–Trinajstić information content (AvgIpc) is 2.98. The van der Waals surface area contributed by atoms with Crippen molar-refractivity contribution in [1.82, 2.24) is 5.32 Å². The second-order valence-corrected chi connectivity index (χ2v) is 6.89. The van der Waals surface area contributed by atoms with E-state index in [0.29, 0.717) is 0 Å². The number of thiophene rings is 1. The lowest BCUT2D eigenvalue weighted by Gasteiger charge is -2.16. The first-order valence-corrected chi connectivity index (χ1v) is 7.93. The van der Waals surface area contributed by atoms with E-state index in [1.165, 1.54) is 46.4 Å². The van der Waals surface area contributed by atoms with Gasteiger partial charge in [0.25, 0.3) is 0 Å². The molecule has 0 aliphatic heterocycles. The molecule has 0 radical (unpaired) electrons. The summed E-state index contributed by atoms with van der Waals surface area (Å²) in [6.07, 6.45) is 3.76. The van der Waals surface area contributed by atoms with Crippen molar-refractivity contribution in [3.63, 3.8) is 0 Å². The van der Waals surface area contributed by atoms with Gasteiger partial charge in [-0.3, -0.25) is 0 Å². The fraction of sp³-hybridized carbons (Fsp3) is 0.375. The Labute approximate surface area is 123 Å². The Morgan fingerprint density at radius 2 is 2.00 bits per heavy atom. The quantitative estimate of drug-likeness (QED) is 0.877. The molecule has 0 saturated heterocycles. The van der Waals surface area contributed by atoms with Crippen LogP contribution in [0.15, 0.2) is 24.3 Å². The van der Waals surface area contributed by atoms with Gasteiger partial charge < -0.3 is 5.32 Å². The molecule has 19 heavy (non-hydrogen) atoms. The van der Waals surface area contributed by atoms with Crippen LogP contribution in [0.3, 0.4) is 0 Å². The Kier molecular flexibility index (Phi) is 3.66. The maximum absolute atomic E-state index is 6.20. The highest BCUT2D eigenvalue weighted by Crippen LogP contribution is 2.35. The van der Waals surface area contributed by atoms with Gasteiger partial charge in [-0.05, 0) is 61.6 Å². The van der Waals surface area contributed by atoms with Crippen molar-refractivity contribution in [2.75, 3.05) is 7.05 Å². The largest absolute Gasteiger partial charge is 0.309 e. The average molecular weight is 292 g/mol. The summed E-state index contributed by atoms with van der Waals surface area (Å²) in [5.41, 5.74) is 5.57. The van der Waals surface area contributed by atoms with Crippen LogP contribution in [0, 0.1) is 6.92 Å². The molecular weight excluding hydrogens is 274 g/mol. The maximum atomic E-state index is 6.20. The lowest BCUT2D eigenvalue weighted by atomic mass is 10.00. The molecule has 1 atom stereocenters. The summed E-state index contributed by atoms with van der Waals surface area (Å²) in [5.74, 6) is 0. The van der Waals surface area contributed by atoms with Crippen LogP contribution in [0.4, 0.5) is 0 Å². The third-order valence-electron chi connectivity index (χ3n) is 3.91. The second-order valence-electron chi connectivity index (χ2n) is 5.21. The van der Waals surface area contributed by atoms with Gasteiger partial charge in [0.1, 0.15) is 0 Å². The van der Waals surface area contributed by atoms with Crippen LogP contribution in [0.2, 0.25) is 4.34 Å². The molecule has 1 aliphatic rings. The Morgan fingerprint density at radius 3 is 2.68 bits per heavy atom. The van der Waals surface area contributed by atoms with Crippen LogP contribution < -0.4 is 5.32 Å². The monoisotopic (exact) mass is 291 g/mol. The second kappa shape index (κ2) is 5.28. The third kappa shape index (κ3) is 2.45. The molecule has 0 fully saturated rings. The summed E-state index contributed by atoms with van der Waals surface area (Å²) in [6, 6.07) is 9.37. The summed E-state index contributed by atoms with van der Waals surface area (Å²) >= 11 is 7.88. The molecule has 3 rings (SSSR count). The van der Waals surface area contributed by atoms with Crippen LogP contribution in [-0.2, 0) is 12.8 Å². The molecule has 0 spiro atoms. The normalized spacial score (nSPS) is 15.5. The minimum atomic E-state index is 0.252. The first-order chi connectivity index (χ1) is 9.19. The van der Waals surface area contributed by atoms with E-state index in [0.717, 1.165) is 4.34 Å². The highest BCUT2D eigenvalue weighted by molar-refractivity contribution is 7.16. The fourth-order valence-electron chi connectivity index (χ4n) is 2.87. The van der Waals surface area contributed by atoms with E-state index >= 15 is 0 Å². The van der Waals surface area contributed by atoms with Crippen LogP contribution in [0.5, 0.6) is 0 Å². The number of fused-ring (bicyclic) bond motifs is 1. The molecule has 0 amide bonds. The summed E-state index contributed by atoms with van der Waals surface area (Å²) in [4.78, 5) is 1.29. The van der Waals surface area contributed by atoms with Gasteiger partial charge in [-0.1, -0.05) is 29.8 Å². The SMILES string of the molecule is CNC(c1ccc2c(c1)CCC2)c1cc(C)c(Cl)s1. The predicted octanol–water partition coefficient (Wildman–Crippen LogP) is 4.51. The van der Waals surface area contributed by atoms with Gasteiger partial charge in [-0.2, -0.15) is 0 Å². The van der Waals surface area contributed by atoms with Crippen molar-refractivity contribution in [2.24, 2.45) is 0 Å². The Morgan fingerprint density at radius 1 is 1.21 bits per heavy atom. The maximum Gasteiger partial charge on any atom is 0.0961 e. The topological polar surface area (TPSA) is 12.0 Å². The van der Waals surface area contributed by atoms with Crippen molar-refractivity contribution in [3.05, 3.63) is 55.7 Å². The number of hydrogen-bond acceptors (Lipinski definition) is 2. The van der Waals surface area contributed by atoms with Crippen molar-refractivity contribution in [2.45, 2.75) is 32.2 Å². The third-order valence-corrected chi connectivity index (χ3v) is 5.53. The summed E-state index contributed by atoms with van der Waals surface area (Å²) < 4.78 is 0.899. The fourth-order valence-corrected chi connectivity index (χ4v) is 4.23. The van der Waals surface area contributed by atoms with Crippen LogP contribution in [0.25, 0.3) is 0 Å². The van der Waals surface area contributed by atoms with Crippen molar-refractivity contribution < 1.29 is 0 Å². The number of hydrogen-bond donors (Lipinski definition) is 1. The minimum Gasteiger partial charge on any atom is -0.309 e. The zero-order chi connectivity index (χ0) is 13.4. The van der Waals surface area contributed by atoms with Gasteiger partial charge in [0.15, 0.2) is 0 Å². The van der Waals surface area contributed by atoms with E-state index < -0.39 is 0 Å². The molecule has 1 N–H and O–H groups in total. The smallest absolute Gasteiger partial charge is 0.0961 e. The summed E-state index contributed by atoms with van der Waals surface area (Å²) in [5, 5.41) is 3.42. The van der Waals surface area contributed by atoms with Gasteiger partial charge in [-0.15, -0.1) is 11.3 Å². The molecular formula is C16H18ClNS. The van der Waals surface area contributed by atoms with E-state index in [9.17, 15) is 0 Å². The number of halogens is 1. The van der Waals surface area contributed by atoms with E-state index in [1.54, 1.807) is 11.3 Å². The Bertz CT molecular complexity index is 583. The molecule has 1 nitrogen and oxygen atoms in total. The number of rotatable bonds is 3. The molecule has 1 aromatic carbocycles. The zero-order valence-electron chi connectivity index (χ0n) is 11.3. The van der Waals surface area contributed by atoms with Crippen molar-refractivity contribution in [3.8, 4) is 0 Å². The molecule has 1 heterocycles. The number of aryl methyl sites for hydroxylation is 3. The molecule has 2 aromatic rings. The van der Waals surface area contributed by atoms with E-state index in [2.05, 4.69) is 36.5 Å². The zero-order valence-corrected chi connectivity index (χ0v) is 12.9. The Balaban J connectivity index is 1.98. The summed E-state index contributed by atoms with van der Waals surface area (Å²) in [7, 11) is 2.01. The molecule has 3 heteroatoms. The van der Waals surface area contributed by atoms with Crippen LogP contribution in [-0.4, -0.2) is 7.05 Å². The van der Waals surface area contributed by atoms with Crippen molar-refractivity contribution in [1.29, 1.82) is 0 Å². The van der Waals surface area contributed by atoms with Gasteiger partial charge in [0.05, 0.1) is 10.4 Å². The molecule has 0 bridgehead atoms. The van der Waals surface area contributed by atoms with Crippen LogP contribution >= 0.6 is 22.9 Å². The molecule has 100 valence electrons. The number of benzene rings is 1. The van der Waals surface area contributed by atoms with Gasteiger partial charge in [0.2, 0.25) is 0 Å². The van der Waals surface area contributed by atoms with E-state index in [1.807, 2.05) is 7.05 Å². The Hall–Kier alpha value is -0.830. The van der Waals surface area contributed by atoms with Gasteiger partial charge >= 0.3 is 0 Å². The molecule has 1 unspecified atom stereocenters. The van der Waals surface area contributed by atoms with Gasteiger partial charge in [0, 0.05) is 4.88 Å². The lowest BCUT2D eigenvalue weighted by molar-refractivity contribution is 0.702. The number of nitrogens with one attached hydrogen (secondary N) is 1. The van der Waals surface area contributed by atoms with Gasteiger partial charge in [-0.25, -0.2) is 0 Å². The minimum absolute atomic E-state index is 0.252. The molecule has 1 aliphatic carbocycles. The highest BCUT2D eigenvalue weighted by atomic mass is 35.5.